The fraction of sp³-hybridized carbons (Fsp3) is 0.294. The Hall–Kier alpha value is -1.74. The van der Waals surface area contributed by atoms with Crippen LogP contribution in [-0.4, -0.2) is 19.0 Å². The first kappa shape index (κ1) is 14.7. The zero-order chi connectivity index (χ0) is 14.4. The lowest BCUT2D eigenvalue weighted by molar-refractivity contribution is 0.0915. The Labute approximate surface area is 118 Å². The van der Waals surface area contributed by atoms with Gasteiger partial charge in [0.2, 0.25) is 0 Å². The normalized spacial score (nSPS) is 12.8. The molecule has 2 aromatic rings. The van der Waals surface area contributed by atoms with Crippen molar-refractivity contribution >= 4 is 0 Å². The van der Waals surface area contributed by atoms with Crippen LogP contribution >= 0.6 is 0 Å². The second-order valence-corrected chi connectivity index (χ2v) is 4.72. The summed E-state index contributed by atoms with van der Waals surface area (Å²) in [5, 5.41) is 2.93. The van der Waals surface area contributed by atoms with E-state index in [-0.39, 0.29) is 5.92 Å². The highest BCUT2D eigenvalue weighted by atomic mass is 19.3. The van der Waals surface area contributed by atoms with Crippen molar-refractivity contribution in [3.8, 4) is 0 Å². The number of rotatable bonds is 6. The van der Waals surface area contributed by atoms with E-state index in [9.17, 15) is 8.78 Å². The smallest absolute Gasteiger partial charge is 0.254 e. The van der Waals surface area contributed by atoms with Crippen LogP contribution in [0.3, 0.4) is 0 Å². The first-order valence-electron chi connectivity index (χ1n) is 6.85. The van der Waals surface area contributed by atoms with Crippen molar-refractivity contribution in [1.29, 1.82) is 0 Å². The molecule has 0 saturated heterocycles. The molecule has 0 radical (unpaired) electrons. The summed E-state index contributed by atoms with van der Waals surface area (Å²) >= 11 is 0. The minimum Gasteiger partial charge on any atom is -0.308 e. The maximum absolute atomic E-state index is 13.4. The van der Waals surface area contributed by atoms with Gasteiger partial charge in [0.1, 0.15) is 0 Å². The number of halogens is 2. The molecular weight excluding hydrogens is 256 g/mol. The summed E-state index contributed by atoms with van der Waals surface area (Å²) in [7, 11) is 0. The van der Waals surface area contributed by atoms with Gasteiger partial charge >= 0.3 is 0 Å². The molecule has 0 aliphatic carbocycles. The third-order valence-corrected chi connectivity index (χ3v) is 3.39. The lowest BCUT2D eigenvalue weighted by Gasteiger charge is -2.28. The van der Waals surface area contributed by atoms with Gasteiger partial charge in [0.15, 0.2) is 0 Å². The van der Waals surface area contributed by atoms with Crippen molar-refractivity contribution in [1.82, 2.24) is 5.32 Å². The first-order valence-corrected chi connectivity index (χ1v) is 6.85. The van der Waals surface area contributed by atoms with E-state index in [1.807, 2.05) is 67.6 Å². The maximum atomic E-state index is 13.4. The molecule has 0 spiro atoms. The number of hydrogen-bond acceptors (Lipinski definition) is 1. The molecule has 0 saturated carbocycles. The van der Waals surface area contributed by atoms with Gasteiger partial charge in [-0.25, -0.2) is 8.78 Å². The summed E-state index contributed by atoms with van der Waals surface area (Å²) in [6, 6.07) is 18.1. The third-order valence-electron chi connectivity index (χ3n) is 3.39. The van der Waals surface area contributed by atoms with E-state index in [0.29, 0.717) is 6.54 Å². The molecule has 0 amide bonds. The molecule has 1 nitrogen and oxygen atoms in total. The highest BCUT2D eigenvalue weighted by Crippen LogP contribution is 2.30. The van der Waals surface area contributed by atoms with Gasteiger partial charge in [-0.15, -0.1) is 0 Å². The zero-order valence-corrected chi connectivity index (χ0v) is 11.5. The van der Waals surface area contributed by atoms with E-state index in [1.165, 1.54) is 0 Å². The van der Waals surface area contributed by atoms with Crippen molar-refractivity contribution in [2.45, 2.75) is 25.3 Å². The van der Waals surface area contributed by atoms with Crippen LogP contribution in [0.1, 0.15) is 24.0 Å². The lowest BCUT2D eigenvalue weighted by Crippen LogP contribution is -2.41. The van der Waals surface area contributed by atoms with Gasteiger partial charge in [-0.05, 0) is 17.7 Å². The molecule has 106 valence electrons. The largest absolute Gasteiger partial charge is 0.308 e. The highest BCUT2D eigenvalue weighted by molar-refractivity contribution is 5.34. The first-order chi connectivity index (χ1) is 9.74. The molecule has 1 N–H and O–H groups in total. The maximum Gasteiger partial charge on any atom is 0.254 e. The van der Waals surface area contributed by atoms with E-state index < -0.39 is 12.5 Å². The van der Waals surface area contributed by atoms with Gasteiger partial charge < -0.3 is 5.32 Å². The predicted molar refractivity (Wildman–Crippen MR) is 78.2 cm³/mol. The van der Waals surface area contributed by atoms with Crippen LogP contribution in [0, 0.1) is 0 Å². The van der Waals surface area contributed by atoms with Crippen LogP contribution in [0.4, 0.5) is 8.78 Å². The lowest BCUT2D eigenvalue weighted by atomic mass is 9.85. The van der Waals surface area contributed by atoms with Crippen LogP contribution in [-0.2, 0) is 0 Å². The van der Waals surface area contributed by atoms with E-state index in [1.54, 1.807) is 0 Å². The van der Waals surface area contributed by atoms with E-state index in [4.69, 9.17) is 0 Å². The van der Waals surface area contributed by atoms with Gasteiger partial charge in [0.25, 0.3) is 6.43 Å². The summed E-state index contributed by atoms with van der Waals surface area (Å²) in [4.78, 5) is 0. The molecule has 0 fully saturated rings. The Morgan fingerprint density at radius 1 is 0.850 bits per heavy atom. The zero-order valence-electron chi connectivity index (χ0n) is 11.5. The molecule has 0 aliphatic rings. The molecule has 3 heteroatoms. The van der Waals surface area contributed by atoms with E-state index in [2.05, 4.69) is 5.32 Å². The number of alkyl halides is 2. The monoisotopic (exact) mass is 275 g/mol. The van der Waals surface area contributed by atoms with E-state index >= 15 is 0 Å². The second-order valence-electron chi connectivity index (χ2n) is 4.72. The van der Waals surface area contributed by atoms with Crippen molar-refractivity contribution in [2.24, 2.45) is 0 Å². The molecule has 0 aliphatic heterocycles. The van der Waals surface area contributed by atoms with Gasteiger partial charge in [-0.3, -0.25) is 0 Å². The summed E-state index contributed by atoms with van der Waals surface area (Å²) in [6.45, 7) is 2.37. The Morgan fingerprint density at radius 2 is 1.30 bits per heavy atom. The highest BCUT2D eigenvalue weighted by Gasteiger charge is 2.31. The summed E-state index contributed by atoms with van der Waals surface area (Å²) in [6.07, 6.45) is -2.42. The Morgan fingerprint density at radius 3 is 1.65 bits per heavy atom. The SMILES string of the molecule is CCNC(C(F)F)C(c1ccccc1)c1ccccc1. The fourth-order valence-corrected chi connectivity index (χ4v) is 2.52. The van der Waals surface area contributed by atoms with E-state index in [0.717, 1.165) is 11.1 Å². The number of hydrogen-bond donors (Lipinski definition) is 1. The van der Waals surface area contributed by atoms with Crippen molar-refractivity contribution in [3.05, 3.63) is 71.8 Å². The summed E-state index contributed by atoms with van der Waals surface area (Å²) < 4.78 is 26.9. The number of benzene rings is 2. The van der Waals surface area contributed by atoms with Crippen LogP contribution in [0.25, 0.3) is 0 Å². The minimum atomic E-state index is -2.42. The Bertz CT molecular complexity index is 459. The average Bonchev–Trinajstić information content (AvgIpc) is 2.49. The molecule has 0 heterocycles. The predicted octanol–water partition coefficient (Wildman–Crippen LogP) is 4.06. The van der Waals surface area contributed by atoms with Gasteiger partial charge in [0, 0.05) is 5.92 Å². The van der Waals surface area contributed by atoms with Crippen molar-refractivity contribution in [3.63, 3.8) is 0 Å². The van der Waals surface area contributed by atoms with Crippen molar-refractivity contribution < 1.29 is 8.78 Å². The summed E-state index contributed by atoms with van der Waals surface area (Å²) in [5.74, 6) is -0.350. The van der Waals surface area contributed by atoms with Crippen LogP contribution in [0.2, 0.25) is 0 Å². The molecule has 1 unspecified atom stereocenters. The van der Waals surface area contributed by atoms with Crippen LogP contribution in [0.5, 0.6) is 0 Å². The molecule has 2 rings (SSSR count). The standard InChI is InChI=1S/C17H19F2N/c1-2-20-16(17(18)19)15(13-9-5-3-6-10-13)14-11-7-4-8-12-14/h3-12,15-17,20H,2H2,1H3. The number of nitrogens with one attached hydrogen (secondary N) is 1. The van der Waals surface area contributed by atoms with Gasteiger partial charge in [0.05, 0.1) is 6.04 Å². The molecule has 1 atom stereocenters. The topological polar surface area (TPSA) is 12.0 Å². The quantitative estimate of drug-likeness (QED) is 0.838. The molecular formula is C17H19F2N. The minimum absolute atomic E-state index is 0.350. The van der Waals surface area contributed by atoms with Gasteiger partial charge in [-0.2, -0.15) is 0 Å². The molecule has 2 aromatic carbocycles. The Kier molecular flexibility index (Phi) is 5.24. The third kappa shape index (κ3) is 3.42. The fourth-order valence-electron chi connectivity index (χ4n) is 2.52. The molecule has 0 bridgehead atoms. The van der Waals surface area contributed by atoms with Crippen LogP contribution in [0.15, 0.2) is 60.7 Å². The molecule has 20 heavy (non-hydrogen) atoms. The van der Waals surface area contributed by atoms with Gasteiger partial charge in [-0.1, -0.05) is 67.6 Å². The average molecular weight is 275 g/mol. The Balaban J connectivity index is 2.43. The second kappa shape index (κ2) is 7.15. The molecule has 0 aromatic heterocycles. The number of likely N-dealkylation sites (N-methyl/N-ethyl adjacent to an activating group) is 1. The van der Waals surface area contributed by atoms with Crippen LogP contribution < -0.4 is 5.32 Å². The summed E-state index contributed by atoms with van der Waals surface area (Å²) in [5.41, 5.74) is 1.81. The van der Waals surface area contributed by atoms with Crippen molar-refractivity contribution in [2.75, 3.05) is 6.54 Å².